The molecule has 0 bridgehead atoms. The minimum atomic E-state index is -0.541. The molecule has 1 saturated heterocycles. The highest BCUT2D eigenvalue weighted by Crippen LogP contribution is 2.36. The predicted octanol–water partition coefficient (Wildman–Crippen LogP) is 3.82. The van der Waals surface area contributed by atoms with Crippen LogP contribution in [0.3, 0.4) is 0 Å². The molecule has 1 aliphatic heterocycles. The largest absolute Gasteiger partial charge is 0.497 e. The fourth-order valence-electron chi connectivity index (χ4n) is 4.25. The second-order valence-electron chi connectivity index (χ2n) is 7.75. The number of ether oxygens (including phenoxy) is 2. The molecule has 1 aromatic heterocycles. The van der Waals surface area contributed by atoms with Gasteiger partial charge in [-0.1, -0.05) is 23.8 Å². The third kappa shape index (κ3) is 3.87. The van der Waals surface area contributed by atoms with E-state index in [0.717, 1.165) is 17.9 Å². The molecule has 1 amide bonds. The maximum atomic E-state index is 13.3. The summed E-state index contributed by atoms with van der Waals surface area (Å²) in [4.78, 5) is 13.3. The number of fused-ring (bicyclic) bond motifs is 1. The minimum Gasteiger partial charge on any atom is -0.497 e. The van der Waals surface area contributed by atoms with E-state index >= 15 is 0 Å². The Hall–Kier alpha value is -2.79. The first kappa shape index (κ1) is 19.5. The zero-order valence-corrected chi connectivity index (χ0v) is 17.1. The Bertz CT molecular complexity index is 985. The van der Waals surface area contributed by atoms with Crippen LogP contribution in [0.25, 0.3) is 10.9 Å². The Morgan fingerprint density at radius 2 is 1.90 bits per heavy atom. The van der Waals surface area contributed by atoms with Crippen molar-refractivity contribution in [2.45, 2.75) is 31.7 Å². The zero-order chi connectivity index (χ0) is 20.3. The molecule has 5 heteroatoms. The second-order valence-corrected chi connectivity index (χ2v) is 7.75. The van der Waals surface area contributed by atoms with Gasteiger partial charge < -0.3 is 19.4 Å². The van der Waals surface area contributed by atoms with Crippen LogP contribution in [0.15, 0.2) is 54.7 Å². The maximum Gasteiger partial charge on any atom is 0.230 e. The summed E-state index contributed by atoms with van der Waals surface area (Å²) in [5.41, 5.74) is 2.94. The highest BCUT2D eigenvalue weighted by molar-refractivity contribution is 5.88. The van der Waals surface area contributed by atoms with Gasteiger partial charge in [0.25, 0.3) is 0 Å². The van der Waals surface area contributed by atoms with Gasteiger partial charge in [0.2, 0.25) is 5.91 Å². The molecule has 2 aromatic carbocycles. The van der Waals surface area contributed by atoms with Crippen molar-refractivity contribution in [1.29, 1.82) is 0 Å². The molecule has 1 N–H and O–H groups in total. The van der Waals surface area contributed by atoms with Crippen molar-refractivity contribution in [3.8, 4) is 5.75 Å². The number of hydrogen-bond donors (Lipinski definition) is 1. The summed E-state index contributed by atoms with van der Waals surface area (Å²) in [5.74, 6) is 0.879. The van der Waals surface area contributed by atoms with Crippen LogP contribution in [0.1, 0.15) is 24.0 Å². The van der Waals surface area contributed by atoms with Crippen LogP contribution in [0.5, 0.6) is 5.75 Å². The van der Waals surface area contributed by atoms with E-state index in [9.17, 15) is 4.79 Å². The smallest absolute Gasteiger partial charge is 0.230 e. The van der Waals surface area contributed by atoms with Gasteiger partial charge in [-0.05, 0) is 61.0 Å². The molecule has 152 valence electrons. The Kier molecular flexibility index (Phi) is 5.58. The lowest BCUT2D eigenvalue weighted by Crippen LogP contribution is -2.48. The molecule has 1 fully saturated rings. The van der Waals surface area contributed by atoms with E-state index in [1.54, 1.807) is 7.11 Å². The first-order valence-electron chi connectivity index (χ1n) is 10.2. The van der Waals surface area contributed by atoms with Crippen molar-refractivity contribution in [3.05, 3.63) is 65.9 Å². The summed E-state index contributed by atoms with van der Waals surface area (Å²) in [6.45, 7) is 4.63. The number of amides is 1. The Morgan fingerprint density at radius 1 is 1.14 bits per heavy atom. The lowest BCUT2D eigenvalue weighted by atomic mass is 9.73. The van der Waals surface area contributed by atoms with E-state index in [2.05, 4.69) is 47.3 Å². The minimum absolute atomic E-state index is 0.0817. The van der Waals surface area contributed by atoms with Crippen LogP contribution in [0.2, 0.25) is 0 Å². The highest BCUT2D eigenvalue weighted by Gasteiger charge is 2.41. The van der Waals surface area contributed by atoms with E-state index in [1.165, 1.54) is 16.5 Å². The van der Waals surface area contributed by atoms with Crippen molar-refractivity contribution in [2.75, 3.05) is 26.9 Å². The number of benzene rings is 2. The standard InChI is InChI=1S/C24H28N2O3/c1-18-3-8-22-19(17-18)9-13-26(22)14-12-25-23(27)24(10-15-29-16-11-24)20-4-6-21(28-2)7-5-20/h3-9,13,17H,10-12,14-16H2,1-2H3,(H,25,27). The Balaban J connectivity index is 1.47. The Labute approximate surface area is 171 Å². The number of methoxy groups -OCH3 is 1. The number of hydrogen-bond acceptors (Lipinski definition) is 3. The summed E-state index contributed by atoms with van der Waals surface area (Å²) in [6, 6.07) is 16.4. The van der Waals surface area contributed by atoms with E-state index in [4.69, 9.17) is 9.47 Å². The van der Waals surface area contributed by atoms with Crippen LogP contribution in [0.4, 0.5) is 0 Å². The van der Waals surface area contributed by atoms with E-state index < -0.39 is 5.41 Å². The summed E-state index contributed by atoms with van der Waals surface area (Å²) >= 11 is 0. The average Bonchev–Trinajstić information content (AvgIpc) is 3.16. The van der Waals surface area contributed by atoms with Crippen molar-refractivity contribution in [1.82, 2.24) is 9.88 Å². The van der Waals surface area contributed by atoms with Gasteiger partial charge in [0.05, 0.1) is 12.5 Å². The van der Waals surface area contributed by atoms with Crippen LogP contribution in [-0.2, 0) is 21.5 Å². The topological polar surface area (TPSA) is 52.5 Å². The molecule has 0 unspecified atom stereocenters. The van der Waals surface area contributed by atoms with E-state index in [0.29, 0.717) is 32.6 Å². The summed E-state index contributed by atoms with van der Waals surface area (Å²) < 4.78 is 13.0. The molecule has 1 aliphatic rings. The van der Waals surface area contributed by atoms with Gasteiger partial charge in [-0.3, -0.25) is 4.79 Å². The van der Waals surface area contributed by atoms with E-state index in [-0.39, 0.29) is 5.91 Å². The van der Waals surface area contributed by atoms with Gasteiger partial charge >= 0.3 is 0 Å². The predicted molar refractivity (Wildman–Crippen MR) is 114 cm³/mol. The van der Waals surface area contributed by atoms with Gasteiger partial charge in [0.1, 0.15) is 5.75 Å². The number of nitrogens with zero attached hydrogens (tertiary/aromatic N) is 1. The Morgan fingerprint density at radius 3 is 2.62 bits per heavy atom. The number of aromatic nitrogens is 1. The fraction of sp³-hybridized carbons (Fsp3) is 0.375. The highest BCUT2D eigenvalue weighted by atomic mass is 16.5. The fourth-order valence-corrected chi connectivity index (χ4v) is 4.25. The monoisotopic (exact) mass is 392 g/mol. The molecule has 4 rings (SSSR count). The molecule has 0 saturated carbocycles. The normalized spacial score (nSPS) is 15.9. The molecule has 0 aliphatic carbocycles. The molecule has 5 nitrogen and oxygen atoms in total. The van der Waals surface area contributed by atoms with Crippen LogP contribution in [0, 0.1) is 6.92 Å². The first-order chi connectivity index (χ1) is 14.1. The molecule has 29 heavy (non-hydrogen) atoms. The molecule has 3 aromatic rings. The van der Waals surface area contributed by atoms with Gasteiger partial charge in [0, 0.05) is 38.0 Å². The number of carbonyl (C=O) groups is 1. The van der Waals surface area contributed by atoms with Crippen molar-refractivity contribution >= 4 is 16.8 Å². The molecule has 0 spiro atoms. The average molecular weight is 392 g/mol. The molecular weight excluding hydrogens is 364 g/mol. The van der Waals surface area contributed by atoms with Gasteiger partial charge in [-0.25, -0.2) is 0 Å². The van der Waals surface area contributed by atoms with Gasteiger partial charge in [0.15, 0.2) is 0 Å². The van der Waals surface area contributed by atoms with Crippen molar-refractivity contribution in [3.63, 3.8) is 0 Å². The quantitative estimate of drug-likeness (QED) is 0.694. The summed E-state index contributed by atoms with van der Waals surface area (Å²) in [6.07, 6.45) is 3.47. The van der Waals surface area contributed by atoms with Crippen molar-refractivity contribution < 1.29 is 14.3 Å². The number of aryl methyl sites for hydroxylation is 1. The van der Waals surface area contributed by atoms with Crippen LogP contribution < -0.4 is 10.1 Å². The number of nitrogens with one attached hydrogen (secondary N) is 1. The zero-order valence-electron chi connectivity index (χ0n) is 17.1. The first-order valence-corrected chi connectivity index (χ1v) is 10.2. The second kappa shape index (κ2) is 8.29. The molecule has 0 radical (unpaired) electrons. The number of carbonyl (C=O) groups excluding carboxylic acids is 1. The summed E-state index contributed by atoms with van der Waals surface area (Å²) in [5, 5.41) is 4.42. The van der Waals surface area contributed by atoms with Crippen LogP contribution >= 0.6 is 0 Å². The lowest BCUT2D eigenvalue weighted by Gasteiger charge is -2.36. The third-order valence-electron chi connectivity index (χ3n) is 5.99. The van der Waals surface area contributed by atoms with Crippen LogP contribution in [-0.4, -0.2) is 37.3 Å². The number of rotatable bonds is 6. The lowest BCUT2D eigenvalue weighted by molar-refractivity contribution is -0.130. The molecule has 0 atom stereocenters. The summed E-state index contributed by atoms with van der Waals surface area (Å²) in [7, 11) is 1.65. The molecular formula is C24H28N2O3. The van der Waals surface area contributed by atoms with Crippen molar-refractivity contribution in [2.24, 2.45) is 0 Å². The third-order valence-corrected chi connectivity index (χ3v) is 5.99. The van der Waals surface area contributed by atoms with E-state index in [1.807, 2.05) is 24.3 Å². The van der Waals surface area contributed by atoms with Gasteiger partial charge in [-0.15, -0.1) is 0 Å². The molecule has 2 heterocycles. The van der Waals surface area contributed by atoms with Gasteiger partial charge in [-0.2, -0.15) is 0 Å². The SMILES string of the molecule is COc1ccc(C2(C(=O)NCCn3ccc4cc(C)ccc43)CCOCC2)cc1. The maximum absolute atomic E-state index is 13.3.